The van der Waals surface area contributed by atoms with Crippen LogP contribution in [0, 0.1) is 5.82 Å². The third-order valence-corrected chi connectivity index (χ3v) is 3.48. The van der Waals surface area contributed by atoms with Crippen molar-refractivity contribution in [3.05, 3.63) is 29.6 Å². The molecule has 5 heteroatoms. The fourth-order valence-electron chi connectivity index (χ4n) is 2.21. The predicted octanol–water partition coefficient (Wildman–Crippen LogP) is 2.32. The Morgan fingerprint density at radius 1 is 1.43 bits per heavy atom. The second-order valence-corrected chi connectivity index (χ2v) is 6.51. The molecule has 1 amide bonds. The molecule has 1 aromatic carbocycles. The molecular formula is C16H23FN2O2. The predicted molar refractivity (Wildman–Crippen MR) is 79.7 cm³/mol. The molecule has 0 aliphatic carbocycles. The summed E-state index contributed by atoms with van der Waals surface area (Å²) in [5.41, 5.74) is 0.653. The molecule has 1 heterocycles. The van der Waals surface area contributed by atoms with Crippen molar-refractivity contribution in [1.29, 1.82) is 0 Å². The maximum atomic E-state index is 13.5. The SMILES string of the molecule is CN1CCC(Oc2ccc(F)cc2CNC(C)(C)C)C1=O. The van der Waals surface area contributed by atoms with Gasteiger partial charge in [0, 0.05) is 37.7 Å². The number of nitrogens with one attached hydrogen (secondary N) is 1. The first-order chi connectivity index (χ1) is 9.76. The molecule has 4 nitrogen and oxygen atoms in total. The molecule has 0 radical (unpaired) electrons. The summed E-state index contributed by atoms with van der Waals surface area (Å²) in [4.78, 5) is 13.6. The molecule has 1 aliphatic heterocycles. The third-order valence-electron chi connectivity index (χ3n) is 3.48. The van der Waals surface area contributed by atoms with Gasteiger partial charge in [-0.1, -0.05) is 0 Å². The molecule has 0 bridgehead atoms. The van der Waals surface area contributed by atoms with Crippen LogP contribution in [0.2, 0.25) is 0 Å². The Balaban J connectivity index is 2.13. The normalized spacial score (nSPS) is 19.2. The zero-order valence-electron chi connectivity index (χ0n) is 13.1. The van der Waals surface area contributed by atoms with E-state index in [-0.39, 0.29) is 17.3 Å². The first kappa shape index (κ1) is 15.8. The molecule has 116 valence electrons. The summed E-state index contributed by atoms with van der Waals surface area (Å²) in [5.74, 6) is 0.249. The minimum atomic E-state index is -0.464. The molecular weight excluding hydrogens is 271 g/mol. The van der Waals surface area contributed by atoms with E-state index in [9.17, 15) is 9.18 Å². The number of carbonyl (C=O) groups is 1. The number of amides is 1. The van der Waals surface area contributed by atoms with Crippen LogP contribution in [0.3, 0.4) is 0 Å². The summed E-state index contributed by atoms with van der Waals surface area (Å²) in [6, 6.07) is 4.41. The number of nitrogens with zero attached hydrogens (tertiary/aromatic N) is 1. The molecule has 1 saturated heterocycles. The Kier molecular flexibility index (Phi) is 4.52. The van der Waals surface area contributed by atoms with Gasteiger partial charge in [0.1, 0.15) is 11.6 Å². The molecule has 21 heavy (non-hydrogen) atoms. The Labute approximate surface area is 125 Å². The zero-order valence-corrected chi connectivity index (χ0v) is 13.1. The van der Waals surface area contributed by atoms with Crippen molar-refractivity contribution in [3.63, 3.8) is 0 Å². The van der Waals surface area contributed by atoms with Gasteiger partial charge in [0.25, 0.3) is 5.91 Å². The van der Waals surface area contributed by atoms with E-state index in [4.69, 9.17) is 4.74 Å². The number of rotatable bonds is 4. The van der Waals surface area contributed by atoms with Crippen molar-refractivity contribution in [2.75, 3.05) is 13.6 Å². The van der Waals surface area contributed by atoms with Gasteiger partial charge in [0.05, 0.1) is 0 Å². The average Bonchev–Trinajstić information content (AvgIpc) is 2.70. The van der Waals surface area contributed by atoms with Crippen LogP contribution in [0.4, 0.5) is 4.39 Å². The Morgan fingerprint density at radius 3 is 2.71 bits per heavy atom. The Bertz CT molecular complexity index is 525. The van der Waals surface area contributed by atoms with Crippen LogP contribution in [0.25, 0.3) is 0 Å². The molecule has 1 atom stereocenters. The maximum Gasteiger partial charge on any atom is 0.263 e. The largest absolute Gasteiger partial charge is 0.480 e. The van der Waals surface area contributed by atoms with Crippen molar-refractivity contribution >= 4 is 5.91 Å². The molecule has 1 fully saturated rings. The van der Waals surface area contributed by atoms with Gasteiger partial charge in [-0.25, -0.2) is 4.39 Å². The van der Waals surface area contributed by atoms with Crippen LogP contribution in [-0.4, -0.2) is 36.0 Å². The maximum absolute atomic E-state index is 13.5. The summed E-state index contributed by atoms with van der Waals surface area (Å²) in [5, 5.41) is 3.31. The summed E-state index contributed by atoms with van der Waals surface area (Å²) in [7, 11) is 1.76. The van der Waals surface area contributed by atoms with E-state index in [1.807, 2.05) is 20.8 Å². The van der Waals surface area contributed by atoms with Crippen LogP contribution in [-0.2, 0) is 11.3 Å². The monoisotopic (exact) mass is 294 g/mol. The number of ether oxygens (including phenoxy) is 1. The topological polar surface area (TPSA) is 41.6 Å². The van der Waals surface area contributed by atoms with E-state index >= 15 is 0 Å². The van der Waals surface area contributed by atoms with Gasteiger partial charge in [0.2, 0.25) is 0 Å². The fourth-order valence-corrected chi connectivity index (χ4v) is 2.21. The summed E-state index contributed by atoms with van der Waals surface area (Å²) in [6.45, 7) is 7.32. The summed E-state index contributed by atoms with van der Waals surface area (Å²) < 4.78 is 19.3. The van der Waals surface area contributed by atoms with E-state index in [2.05, 4.69) is 5.32 Å². The quantitative estimate of drug-likeness (QED) is 0.926. The van der Waals surface area contributed by atoms with E-state index in [1.54, 1.807) is 18.0 Å². The minimum Gasteiger partial charge on any atom is -0.480 e. The highest BCUT2D eigenvalue weighted by molar-refractivity contribution is 5.83. The van der Waals surface area contributed by atoms with Gasteiger partial charge in [0.15, 0.2) is 6.10 Å². The lowest BCUT2D eigenvalue weighted by molar-refractivity contribution is -0.132. The molecule has 1 unspecified atom stereocenters. The molecule has 0 aromatic heterocycles. The minimum absolute atomic E-state index is 0.0194. The average molecular weight is 294 g/mol. The molecule has 1 N–H and O–H groups in total. The Morgan fingerprint density at radius 2 is 2.14 bits per heavy atom. The lowest BCUT2D eigenvalue weighted by atomic mass is 10.1. The van der Waals surface area contributed by atoms with Crippen LogP contribution in [0.5, 0.6) is 5.75 Å². The van der Waals surface area contributed by atoms with Gasteiger partial charge in [-0.3, -0.25) is 4.79 Å². The van der Waals surface area contributed by atoms with E-state index in [0.717, 1.165) is 5.56 Å². The lowest BCUT2D eigenvalue weighted by Crippen LogP contribution is -2.35. The van der Waals surface area contributed by atoms with Gasteiger partial charge < -0.3 is 15.0 Å². The zero-order chi connectivity index (χ0) is 15.6. The number of likely N-dealkylation sites (N-methyl/N-ethyl adjacent to an activating group) is 1. The standard InChI is InChI=1S/C16H23FN2O2/c1-16(2,3)18-10-11-9-12(17)5-6-13(11)21-14-7-8-19(4)15(14)20/h5-6,9,14,18H,7-8,10H2,1-4H3. The summed E-state index contributed by atoms with van der Waals surface area (Å²) >= 11 is 0. The van der Waals surface area contributed by atoms with Crippen molar-refractivity contribution in [1.82, 2.24) is 10.2 Å². The van der Waals surface area contributed by atoms with Crippen LogP contribution < -0.4 is 10.1 Å². The highest BCUT2D eigenvalue weighted by atomic mass is 19.1. The molecule has 0 spiro atoms. The second kappa shape index (κ2) is 6.02. The highest BCUT2D eigenvalue weighted by Crippen LogP contribution is 2.24. The van der Waals surface area contributed by atoms with Crippen molar-refractivity contribution in [2.24, 2.45) is 0 Å². The number of hydrogen-bond donors (Lipinski definition) is 1. The fraction of sp³-hybridized carbons (Fsp3) is 0.562. The summed E-state index contributed by atoms with van der Waals surface area (Å²) in [6.07, 6.45) is 0.201. The van der Waals surface area contributed by atoms with E-state index in [1.165, 1.54) is 12.1 Å². The van der Waals surface area contributed by atoms with Gasteiger partial charge in [-0.2, -0.15) is 0 Å². The number of likely N-dealkylation sites (tertiary alicyclic amines) is 1. The number of hydrogen-bond acceptors (Lipinski definition) is 3. The van der Waals surface area contributed by atoms with E-state index in [0.29, 0.717) is 25.3 Å². The van der Waals surface area contributed by atoms with Gasteiger partial charge in [-0.05, 0) is 39.0 Å². The number of benzene rings is 1. The first-order valence-electron chi connectivity index (χ1n) is 7.21. The van der Waals surface area contributed by atoms with E-state index < -0.39 is 6.10 Å². The molecule has 1 aliphatic rings. The van der Waals surface area contributed by atoms with Crippen LogP contribution in [0.15, 0.2) is 18.2 Å². The second-order valence-electron chi connectivity index (χ2n) is 6.51. The van der Waals surface area contributed by atoms with Crippen molar-refractivity contribution in [2.45, 2.75) is 45.4 Å². The molecule has 0 saturated carbocycles. The highest BCUT2D eigenvalue weighted by Gasteiger charge is 2.31. The third kappa shape index (κ3) is 4.17. The number of halogens is 1. The van der Waals surface area contributed by atoms with Crippen LogP contribution >= 0.6 is 0 Å². The number of carbonyl (C=O) groups excluding carboxylic acids is 1. The molecule has 1 aromatic rings. The van der Waals surface area contributed by atoms with Crippen molar-refractivity contribution < 1.29 is 13.9 Å². The van der Waals surface area contributed by atoms with Gasteiger partial charge >= 0.3 is 0 Å². The van der Waals surface area contributed by atoms with Crippen LogP contribution in [0.1, 0.15) is 32.8 Å². The molecule has 2 rings (SSSR count). The smallest absolute Gasteiger partial charge is 0.263 e. The van der Waals surface area contributed by atoms with Gasteiger partial charge in [-0.15, -0.1) is 0 Å². The lowest BCUT2D eigenvalue weighted by Gasteiger charge is -2.22. The Hall–Kier alpha value is -1.62. The van der Waals surface area contributed by atoms with Crippen molar-refractivity contribution in [3.8, 4) is 5.75 Å². The first-order valence-corrected chi connectivity index (χ1v) is 7.21.